The first kappa shape index (κ1) is 13.1. The Hall–Kier alpha value is -2.35. The van der Waals surface area contributed by atoms with Crippen molar-refractivity contribution in [2.45, 2.75) is 13.1 Å². The lowest BCUT2D eigenvalue weighted by molar-refractivity contribution is -0.141. The molecular formula is C14H9F3N2. The quantitative estimate of drug-likeness (QED) is 0.780. The number of nitriles is 1. The largest absolute Gasteiger partial charge is 0.433 e. The Morgan fingerprint density at radius 3 is 2.21 bits per heavy atom. The highest BCUT2D eigenvalue weighted by Crippen LogP contribution is 2.31. The predicted molar refractivity (Wildman–Crippen MR) is 64.1 cm³/mol. The van der Waals surface area contributed by atoms with Crippen LogP contribution in [0, 0.1) is 18.3 Å². The van der Waals surface area contributed by atoms with Crippen molar-refractivity contribution < 1.29 is 13.2 Å². The number of hydrogen-bond acceptors (Lipinski definition) is 2. The van der Waals surface area contributed by atoms with Gasteiger partial charge in [-0.25, -0.2) is 4.98 Å². The summed E-state index contributed by atoms with van der Waals surface area (Å²) in [6.07, 6.45) is -4.52. The molecule has 2 aromatic rings. The first-order valence-corrected chi connectivity index (χ1v) is 5.47. The molecule has 0 saturated carbocycles. The van der Waals surface area contributed by atoms with Crippen molar-refractivity contribution in [2.75, 3.05) is 0 Å². The molecule has 0 aliphatic heterocycles. The van der Waals surface area contributed by atoms with Gasteiger partial charge in [0.2, 0.25) is 0 Å². The van der Waals surface area contributed by atoms with Crippen LogP contribution in [0.2, 0.25) is 0 Å². The Bertz CT molecular complexity index is 637. The molecule has 0 saturated heterocycles. The fourth-order valence-electron chi connectivity index (χ4n) is 1.64. The fourth-order valence-corrected chi connectivity index (χ4v) is 1.64. The van der Waals surface area contributed by atoms with Crippen LogP contribution >= 0.6 is 0 Å². The van der Waals surface area contributed by atoms with Gasteiger partial charge in [-0.1, -0.05) is 29.8 Å². The molecule has 0 radical (unpaired) electrons. The van der Waals surface area contributed by atoms with Crippen LogP contribution in [-0.2, 0) is 6.18 Å². The molecule has 0 atom stereocenters. The van der Waals surface area contributed by atoms with Crippen LogP contribution < -0.4 is 0 Å². The maximum atomic E-state index is 12.6. The zero-order valence-corrected chi connectivity index (χ0v) is 9.99. The average molecular weight is 262 g/mol. The third-order valence-electron chi connectivity index (χ3n) is 2.63. The van der Waals surface area contributed by atoms with Gasteiger partial charge in [-0.15, -0.1) is 0 Å². The molecule has 0 aliphatic rings. The number of benzene rings is 1. The van der Waals surface area contributed by atoms with E-state index in [4.69, 9.17) is 5.26 Å². The SMILES string of the molecule is Cc1ccc(-c2nc(C(F)(F)F)ccc2C#N)cc1. The highest BCUT2D eigenvalue weighted by molar-refractivity contribution is 5.66. The van der Waals surface area contributed by atoms with Gasteiger partial charge in [0.05, 0.1) is 11.3 Å². The van der Waals surface area contributed by atoms with E-state index >= 15 is 0 Å². The minimum absolute atomic E-state index is 0.0531. The minimum Gasteiger partial charge on any atom is -0.242 e. The Labute approximate surface area is 108 Å². The molecule has 5 heteroatoms. The summed E-state index contributed by atoms with van der Waals surface area (Å²) in [6, 6.07) is 10.6. The number of nitrogens with zero attached hydrogens (tertiary/aromatic N) is 2. The molecule has 0 aliphatic carbocycles. The number of alkyl halides is 3. The first-order chi connectivity index (χ1) is 8.91. The molecule has 0 unspecified atom stereocenters. The second-order valence-electron chi connectivity index (χ2n) is 4.07. The van der Waals surface area contributed by atoms with Gasteiger partial charge in [-0.2, -0.15) is 18.4 Å². The van der Waals surface area contributed by atoms with Crippen molar-refractivity contribution in [3.05, 3.63) is 53.2 Å². The van der Waals surface area contributed by atoms with E-state index in [9.17, 15) is 13.2 Å². The maximum absolute atomic E-state index is 12.6. The predicted octanol–water partition coefficient (Wildman–Crippen LogP) is 3.95. The van der Waals surface area contributed by atoms with Gasteiger partial charge in [0.25, 0.3) is 0 Å². The van der Waals surface area contributed by atoms with Crippen LogP contribution in [0.1, 0.15) is 16.8 Å². The fraction of sp³-hybridized carbons (Fsp3) is 0.143. The van der Waals surface area contributed by atoms with Crippen molar-refractivity contribution in [3.63, 3.8) is 0 Å². The molecular weight excluding hydrogens is 253 g/mol. The van der Waals surface area contributed by atoms with Gasteiger partial charge < -0.3 is 0 Å². The third-order valence-corrected chi connectivity index (χ3v) is 2.63. The van der Waals surface area contributed by atoms with E-state index in [0.29, 0.717) is 5.56 Å². The van der Waals surface area contributed by atoms with Gasteiger partial charge in [-0.3, -0.25) is 0 Å². The summed E-state index contributed by atoms with van der Waals surface area (Å²) in [5.41, 5.74) is 0.652. The Morgan fingerprint density at radius 1 is 1.05 bits per heavy atom. The number of aromatic nitrogens is 1. The van der Waals surface area contributed by atoms with E-state index in [1.54, 1.807) is 24.3 Å². The van der Waals surface area contributed by atoms with Crippen LogP contribution in [-0.4, -0.2) is 4.98 Å². The summed E-state index contributed by atoms with van der Waals surface area (Å²) < 4.78 is 37.9. The summed E-state index contributed by atoms with van der Waals surface area (Å²) in [7, 11) is 0. The topological polar surface area (TPSA) is 36.7 Å². The van der Waals surface area contributed by atoms with Crippen molar-refractivity contribution in [1.82, 2.24) is 4.98 Å². The monoisotopic (exact) mass is 262 g/mol. The normalized spacial score (nSPS) is 11.1. The van der Waals surface area contributed by atoms with E-state index in [1.165, 1.54) is 0 Å². The first-order valence-electron chi connectivity index (χ1n) is 5.47. The highest BCUT2D eigenvalue weighted by atomic mass is 19.4. The Balaban J connectivity index is 2.60. The van der Waals surface area contributed by atoms with Crippen molar-refractivity contribution in [2.24, 2.45) is 0 Å². The van der Waals surface area contributed by atoms with Gasteiger partial charge in [-0.05, 0) is 19.1 Å². The zero-order chi connectivity index (χ0) is 14.0. The van der Waals surface area contributed by atoms with Crippen molar-refractivity contribution in [3.8, 4) is 17.3 Å². The number of pyridine rings is 1. The summed E-state index contributed by atoms with van der Waals surface area (Å²) in [5.74, 6) is 0. The Morgan fingerprint density at radius 2 is 1.68 bits per heavy atom. The second-order valence-corrected chi connectivity index (χ2v) is 4.07. The molecule has 0 N–H and O–H groups in total. The van der Waals surface area contributed by atoms with Gasteiger partial charge >= 0.3 is 6.18 Å². The molecule has 1 aromatic heterocycles. The van der Waals surface area contributed by atoms with E-state index in [0.717, 1.165) is 17.7 Å². The smallest absolute Gasteiger partial charge is 0.242 e. The molecule has 0 amide bonds. The summed E-state index contributed by atoms with van der Waals surface area (Å²) >= 11 is 0. The lowest BCUT2D eigenvalue weighted by atomic mass is 10.0. The van der Waals surface area contributed by atoms with Crippen LogP contribution in [0.5, 0.6) is 0 Å². The maximum Gasteiger partial charge on any atom is 0.433 e. The Kier molecular flexibility index (Phi) is 3.26. The van der Waals surface area contributed by atoms with Crippen LogP contribution in [0.3, 0.4) is 0 Å². The molecule has 19 heavy (non-hydrogen) atoms. The van der Waals surface area contributed by atoms with Crippen LogP contribution in [0.25, 0.3) is 11.3 Å². The highest BCUT2D eigenvalue weighted by Gasteiger charge is 2.33. The minimum atomic E-state index is -4.52. The number of hydrogen-bond donors (Lipinski definition) is 0. The van der Waals surface area contributed by atoms with E-state index in [1.807, 2.05) is 13.0 Å². The molecule has 2 nitrogen and oxygen atoms in total. The van der Waals surface area contributed by atoms with E-state index < -0.39 is 11.9 Å². The standard InChI is InChI=1S/C14H9F3N2/c1-9-2-4-10(5-3-9)13-11(8-18)6-7-12(19-13)14(15,16)17/h2-7H,1H3. The molecule has 1 heterocycles. The molecule has 0 fully saturated rings. The van der Waals surface area contributed by atoms with Crippen molar-refractivity contribution in [1.29, 1.82) is 5.26 Å². The summed E-state index contributed by atoms with van der Waals surface area (Å²) in [5, 5.41) is 8.96. The average Bonchev–Trinajstić information content (AvgIpc) is 2.38. The van der Waals surface area contributed by atoms with Crippen LogP contribution in [0.15, 0.2) is 36.4 Å². The lowest BCUT2D eigenvalue weighted by Gasteiger charge is -2.09. The number of halogens is 3. The van der Waals surface area contributed by atoms with E-state index in [2.05, 4.69) is 4.98 Å². The van der Waals surface area contributed by atoms with Gasteiger partial charge in [0.1, 0.15) is 11.8 Å². The van der Waals surface area contributed by atoms with Crippen molar-refractivity contribution >= 4 is 0 Å². The zero-order valence-electron chi connectivity index (χ0n) is 9.99. The number of aryl methyl sites for hydroxylation is 1. The third kappa shape index (κ3) is 2.74. The van der Waals surface area contributed by atoms with Gasteiger partial charge in [0, 0.05) is 5.56 Å². The van der Waals surface area contributed by atoms with Gasteiger partial charge in [0.15, 0.2) is 0 Å². The lowest BCUT2D eigenvalue weighted by Crippen LogP contribution is -2.09. The molecule has 0 spiro atoms. The molecule has 96 valence electrons. The summed E-state index contributed by atoms with van der Waals surface area (Å²) in [4.78, 5) is 3.57. The number of rotatable bonds is 1. The molecule has 0 bridgehead atoms. The second kappa shape index (κ2) is 4.73. The molecule has 2 rings (SSSR count). The van der Waals surface area contributed by atoms with Crippen LogP contribution in [0.4, 0.5) is 13.2 Å². The van der Waals surface area contributed by atoms with E-state index in [-0.39, 0.29) is 11.3 Å². The summed E-state index contributed by atoms with van der Waals surface area (Å²) in [6.45, 7) is 1.87. The molecule has 1 aromatic carbocycles.